The molecule has 0 aromatic carbocycles. The van der Waals surface area contributed by atoms with E-state index in [0.717, 1.165) is 49.4 Å². The highest BCUT2D eigenvalue weighted by Gasteiger charge is 2.23. The molecule has 3 aromatic rings. The lowest BCUT2D eigenvalue weighted by atomic mass is 9.97. The van der Waals surface area contributed by atoms with Crippen LogP contribution >= 0.6 is 0 Å². The molecule has 0 amide bonds. The predicted octanol–water partition coefficient (Wildman–Crippen LogP) is 3.08. The zero-order valence-corrected chi connectivity index (χ0v) is 18.5. The fraction of sp³-hybridized carbons (Fsp3) is 0.400. The normalized spacial score (nSPS) is 18.2. The lowest BCUT2D eigenvalue weighted by Gasteiger charge is -2.34. The monoisotopic (exact) mass is 433 g/mol. The zero-order valence-electron chi connectivity index (χ0n) is 18.5. The molecule has 0 saturated carbocycles. The second-order valence-corrected chi connectivity index (χ2v) is 8.22. The molecule has 2 N–H and O–H groups in total. The van der Waals surface area contributed by atoms with E-state index in [2.05, 4.69) is 31.2 Å². The van der Waals surface area contributed by atoms with Crippen molar-refractivity contribution in [2.75, 3.05) is 39.8 Å². The van der Waals surface area contributed by atoms with Gasteiger partial charge in [0.15, 0.2) is 0 Å². The van der Waals surface area contributed by atoms with Gasteiger partial charge in [0.05, 0.1) is 29.9 Å². The number of ether oxygens (including phenoxy) is 1. The molecule has 168 valence electrons. The van der Waals surface area contributed by atoms with E-state index in [1.165, 1.54) is 6.42 Å². The average molecular weight is 434 g/mol. The number of methoxy groups -OCH3 is 1. The van der Waals surface area contributed by atoms with E-state index in [1.54, 1.807) is 25.6 Å². The number of rotatable bonds is 9. The molecule has 1 aliphatic rings. The van der Waals surface area contributed by atoms with Gasteiger partial charge in [0.2, 0.25) is 5.88 Å². The fourth-order valence-electron chi connectivity index (χ4n) is 4.26. The van der Waals surface area contributed by atoms with E-state index in [1.807, 2.05) is 36.4 Å². The van der Waals surface area contributed by atoms with Crippen LogP contribution in [0.25, 0.3) is 17.1 Å². The third-order valence-electron chi connectivity index (χ3n) is 5.86. The van der Waals surface area contributed by atoms with Crippen LogP contribution in [0, 0.1) is 5.92 Å². The Hall–Kier alpha value is -2.87. The molecule has 4 heterocycles. The lowest BCUT2D eigenvalue weighted by Crippen LogP contribution is -2.41. The summed E-state index contributed by atoms with van der Waals surface area (Å²) in [5.41, 5.74) is 3.24. The maximum absolute atomic E-state index is 11.0. The van der Waals surface area contributed by atoms with Crippen LogP contribution in [0.1, 0.15) is 30.2 Å². The van der Waals surface area contributed by atoms with Crippen LogP contribution in [0.2, 0.25) is 0 Å². The van der Waals surface area contributed by atoms with Gasteiger partial charge >= 0.3 is 0 Å². The SMILES string of the molecule is COc1ccc2nccc(C(O)CN3CCCC(CNC/C=C/c4ccccn4)C3)c2n1. The fourth-order valence-corrected chi connectivity index (χ4v) is 4.26. The van der Waals surface area contributed by atoms with Gasteiger partial charge in [-0.3, -0.25) is 9.97 Å². The van der Waals surface area contributed by atoms with Crippen molar-refractivity contribution in [2.45, 2.75) is 18.9 Å². The topological polar surface area (TPSA) is 83.4 Å². The van der Waals surface area contributed by atoms with Crippen LogP contribution in [0.5, 0.6) is 5.88 Å². The molecule has 1 aliphatic heterocycles. The Bertz CT molecular complexity index is 1030. The van der Waals surface area contributed by atoms with E-state index >= 15 is 0 Å². The molecule has 1 saturated heterocycles. The Morgan fingerprint density at radius 1 is 1.22 bits per heavy atom. The molecule has 0 bridgehead atoms. The van der Waals surface area contributed by atoms with Gasteiger partial charge in [-0.2, -0.15) is 0 Å². The van der Waals surface area contributed by atoms with Crippen LogP contribution in [-0.4, -0.2) is 64.8 Å². The van der Waals surface area contributed by atoms with Gasteiger partial charge in [-0.1, -0.05) is 12.1 Å². The number of likely N-dealkylation sites (tertiary alicyclic amines) is 1. The van der Waals surface area contributed by atoms with Crippen molar-refractivity contribution in [3.8, 4) is 5.88 Å². The molecule has 2 atom stereocenters. The van der Waals surface area contributed by atoms with Gasteiger partial charge in [0, 0.05) is 43.7 Å². The van der Waals surface area contributed by atoms with E-state index in [9.17, 15) is 5.11 Å². The number of fused-ring (bicyclic) bond motifs is 1. The number of piperidine rings is 1. The summed E-state index contributed by atoms with van der Waals surface area (Å²) < 4.78 is 5.25. The molecule has 7 nitrogen and oxygen atoms in total. The first-order valence-corrected chi connectivity index (χ1v) is 11.2. The molecular formula is C25H31N5O2. The smallest absolute Gasteiger partial charge is 0.213 e. The van der Waals surface area contributed by atoms with Crippen molar-refractivity contribution in [3.05, 3.63) is 66.1 Å². The summed E-state index contributed by atoms with van der Waals surface area (Å²) in [5.74, 6) is 1.10. The van der Waals surface area contributed by atoms with Crippen molar-refractivity contribution in [3.63, 3.8) is 0 Å². The van der Waals surface area contributed by atoms with Gasteiger partial charge in [0.25, 0.3) is 0 Å². The number of nitrogens with zero attached hydrogens (tertiary/aromatic N) is 4. The van der Waals surface area contributed by atoms with E-state index in [4.69, 9.17) is 4.74 Å². The van der Waals surface area contributed by atoms with Gasteiger partial charge in [-0.25, -0.2) is 4.98 Å². The summed E-state index contributed by atoms with van der Waals surface area (Å²) >= 11 is 0. The van der Waals surface area contributed by atoms with Gasteiger partial charge in [0.1, 0.15) is 0 Å². The minimum absolute atomic E-state index is 0.528. The summed E-state index contributed by atoms with van der Waals surface area (Å²) in [6, 6.07) is 11.4. The first-order valence-electron chi connectivity index (χ1n) is 11.2. The first-order chi connectivity index (χ1) is 15.7. The lowest BCUT2D eigenvalue weighted by molar-refractivity contribution is 0.0850. The third-order valence-corrected chi connectivity index (χ3v) is 5.86. The zero-order chi connectivity index (χ0) is 22.2. The molecule has 0 radical (unpaired) electrons. The van der Waals surface area contributed by atoms with Gasteiger partial charge in [-0.15, -0.1) is 0 Å². The number of β-amino-alcohol motifs (C(OH)–C–C–N with tert-alkyl or cyclic N) is 1. The number of aliphatic hydroxyl groups excluding tert-OH is 1. The van der Waals surface area contributed by atoms with Crippen LogP contribution in [-0.2, 0) is 0 Å². The standard InChI is InChI=1S/C25H31N5O2/c1-32-24-10-9-22-25(29-24)21(11-14-28-22)23(31)18-30-15-5-6-19(17-30)16-26-12-4-8-20-7-2-3-13-27-20/h2-4,7-11,13-14,19,23,26,31H,5-6,12,15-18H2,1H3/b8-4+. The summed E-state index contributed by atoms with van der Waals surface area (Å²) in [4.78, 5) is 15.5. The summed E-state index contributed by atoms with van der Waals surface area (Å²) in [7, 11) is 1.59. The van der Waals surface area contributed by atoms with Crippen molar-refractivity contribution < 1.29 is 9.84 Å². The van der Waals surface area contributed by atoms with E-state index in [0.29, 0.717) is 23.9 Å². The Morgan fingerprint density at radius 3 is 3.00 bits per heavy atom. The number of nitrogens with one attached hydrogen (secondary N) is 1. The molecule has 1 fully saturated rings. The second kappa shape index (κ2) is 11.1. The quantitative estimate of drug-likeness (QED) is 0.502. The van der Waals surface area contributed by atoms with Crippen molar-refractivity contribution in [1.82, 2.24) is 25.2 Å². The second-order valence-electron chi connectivity index (χ2n) is 8.22. The largest absolute Gasteiger partial charge is 0.481 e. The molecule has 32 heavy (non-hydrogen) atoms. The highest BCUT2D eigenvalue weighted by Crippen LogP contribution is 2.25. The van der Waals surface area contributed by atoms with Crippen molar-refractivity contribution >= 4 is 17.1 Å². The van der Waals surface area contributed by atoms with Crippen molar-refractivity contribution in [2.24, 2.45) is 5.92 Å². The Balaban J connectivity index is 1.29. The van der Waals surface area contributed by atoms with Crippen LogP contribution < -0.4 is 10.1 Å². The summed E-state index contributed by atoms with van der Waals surface area (Å²) in [6.45, 7) is 4.37. The molecule has 4 rings (SSSR count). The number of hydrogen-bond donors (Lipinski definition) is 2. The maximum atomic E-state index is 11.0. The third kappa shape index (κ3) is 5.88. The molecule has 0 aliphatic carbocycles. The molecular weight excluding hydrogens is 402 g/mol. The Morgan fingerprint density at radius 2 is 2.16 bits per heavy atom. The summed E-state index contributed by atoms with van der Waals surface area (Å²) in [6.07, 6.45) is 9.43. The Labute approximate surface area is 189 Å². The van der Waals surface area contributed by atoms with Gasteiger partial charge in [-0.05, 0) is 62.2 Å². The van der Waals surface area contributed by atoms with E-state index in [-0.39, 0.29) is 0 Å². The maximum Gasteiger partial charge on any atom is 0.213 e. The summed E-state index contributed by atoms with van der Waals surface area (Å²) in [5, 5.41) is 14.5. The average Bonchev–Trinajstić information content (AvgIpc) is 2.84. The first kappa shape index (κ1) is 22.3. The highest BCUT2D eigenvalue weighted by atomic mass is 16.5. The van der Waals surface area contributed by atoms with Crippen LogP contribution in [0.15, 0.2) is 54.9 Å². The Kier molecular flexibility index (Phi) is 7.77. The number of hydrogen-bond acceptors (Lipinski definition) is 7. The van der Waals surface area contributed by atoms with E-state index < -0.39 is 6.10 Å². The van der Waals surface area contributed by atoms with Crippen molar-refractivity contribution in [1.29, 1.82) is 0 Å². The number of pyridine rings is 3. The number of aromatic nitrogens is 3. The molecule has 7 heteroatoms. The molecule has 2 unspecified atom stereocenters. The predicted molar refractivity (Wildman–Crippen MR) is 126 cm³/mol. The highest BCUT2D eigenvalue weighted by molar-refractivity contribution is 5.78. The number of aliphatic hydroxyl groups is 1. The molecule has 0 spiro atoms. The van der Waals surface area contributed by atoms with Crippen LogP contribution in [0.3, 0.4) is 0 Å². The molecule has 3 aromatic heterocycles. The minimum atomic E-state index is -0.617. The minimum Gasteiger partial charge on any atom is -0.481 e. The van der Waals surface area contributed by atoms with Crippen LogP contribution in [0.4, 0.5) is 0 Å². The van der Waals surface area contributed by atoms with Gasteiger partial charge < -0.3 is 20.1 Å².